The predicted molar refractivity (Wildman–Crippen MR) is 182 cm³/mol. The zero-order valence-electron chi connectivity index (χ0n) is 28.5. The highest BCUT2D eigenvalue weighted by Gasteiger charge is 2.62. The van der Waals surface area contributed by atoms with Crippen molar-refractivity contribution in [1.29, 1.82) is 0 Å². The van der Waals surface area contributed by atoms with E-state index in [2.05, 4.69) is 43.0 Å². The maximum Gasteiger partial charge on any atom is 0.0900 e. The molecule has 7 saturated carbocycles. The summed E-state index contributed by atoms with van der Waals surface area (Å²) in [7, 11) is 0. The van der Waals surface area contributed by atoms with Crippen molar-refractivity contribution in [2.24, 2.45) is 45.8 Å². The van der Waals surface area contributed by atoms with Crippen molar-refractivity contribution < 1.29 is 20.1 Å². The first-order chi connectivity index (χ1) is 22.1. The normalized spacial score (nSPS) is 44.7. The highest BCUT2D eigenvalue weighted by Crippen LogP contribution is 2.66. The number of aliphatic hydroxyl groups excluding tert-OH is 2. The van der Waals surface area contributed by atoms with Crippen LogP contribution in [0.5, 0.6) is 0 Å². The number of hydrogen-bond acceptors (Lipinski definition) is 5. The van der Waals surface area contributed by atoms with Crippen LogP contribution in [0.4, 0.5) is 0 Å². The Kier molecular flexibility index (Phi) is 8.16. The molecule has 9 rings (SSSR count). The second kappa shape index (κ2) is 11.8. The summed E-state index contributed by atoms with van der Waals surface area (Å²) in [5, 5.41) is 34.7. The first-order valence-electron chi connectivity index (χ1n) is 18.9. The molecule has 0 heterocycles. The number of rotatable bonds is 10. The Morgan fingerprint density at radius 2 is 1.57 bits per heavy atom. The van der Waals surface area contributed by atoms with Crippen LogP contribution in [0.2, 0.25) is 0 Å². The fourth-order valence-corrected chi connectivity index (χ4v) is 13.1. The summed E-state index contributed by atoms with van der Waals surface area (Å²) in [5.74, 6) is 3.60. The minimum Gasteiger partial charge on any atom is -0.393 e. The number of nitrogens with zero attached hydrogens (tertiary/aromatic N) is 1. The number of ether oxygens (including phenoxy) is 1. The molecular weight excluding hydrogens is 570 g/mol. The van der Waals surface area contributed by atoms with Crippen LogP contribution in [-0.2, 0) is 11.3 Å². The minimum atomic E-state index is -0.774. The molecule has 7 fully saturated rings. The molecule has 3 N–H and O–H groups in total. The Balaban J connectivity index is 1.01. The number of hydrogen-bond donors (Lipinski definition) is 3. The van der Waals surface area contributed by atoms with Gasteiger partial charge in [-0.3, -0.25) is 4.90 Å². The van der Waals surface area contributed by atoms with Gasteiger partial charge in [0.15, 0.2) is 0 Å². The van der Waals surface area contributed by atoms with E-state index in [0.717, 1.165) is 74.8 Å². The average Bonchev–Trinajstić information content (AvgIpc) is 3.27. The van der Waals surface area contributed by atoms with E-state index in [-0.39, 0.29) is 16.9 Å². The first kappa shape index (κ1) is 31.7. The molecule has 7 atom stereocenters. The van der Waals surface area contributed by atoms with Crippen LogP contribution in [0.1, 0.15) is 103 Å². The van der Waals surface area contributed by atoms with Gasteiger partial charge in [-0.1, -0.05) is 67.5 Å². The molecule has 1 aromatic carbocycles. The van der Waals surface area contributed by atoms with Gasteiger partial charge in [0, 0.05) is 25.0 Å². The van der Waals surface area contributed by atoms with E-state index in [1.54, 1.807) is 5.57 Å². The van der Waals surface area contributed by atoms with E-state index >= 15 is 0 Å². The molecule has 1 aromatic rings. The van der Waals surface area contributed by atoms with Crippen LogP contribution >= 0.6 is 0 Å². The van der Waals surface area contributed by atoms with Crippen LogP contribution < -0.4 is 0 Å². The molecule has 0 spiro atoms. The molecule has 8 aliphatic carbocycles. The van der Waals surface area contributed by atoms with Gasteiger partial charge in [-0.2, -0.15) is 0 Å². The van der Waals surface area contributed by atoms with Gasteiger partial charge in [0.1, 0.15) is 0 Å². The number of benzene rings is 1. The maximum absolute atomic E-state index is 12.9. The summed E-state index contributed by atoms with van der Waals surface area (Å²) in [5.41, 5.74) is 3.71. The number of aliphatic hydroxyl groups is 3. The topological polar surface area (TPSA) is 73.2 Å². The summed E-state index contributed by atoms with van der Waals surface area (Å²) in [6.45, 7) is 7.92. The van der Waals surface area contributed by atoms with Gasteiger partial charge in [-0.05, 0) is 129 Å². The highest BCUT2D eigenvalue weighted by molar-refractivity contribution is 5.39. The molecule has 0 radical (unpaired) electrons. The third-order valence-electron chi connectivity index (χ3n) is 15.0. The summed E-state index contributed by atoms with van der Waals surface area (Å²) in [6, 6.07) is 10.2. The molecule has 0 unspecified atom stereocenters. The molecule has 5 heteroatoms. The van der Waals surface area contributed by atoms with Crippen molar-refractivity contribution in [2.45, 2.75) is 122 Å². The Labute approximate surface area is 277 Å². The lowest BCUT2D eigenvalue weighted by molar-refractivity contribution is -0.125. The summed E-state index contributed by atoms with van der Waals surface area (Å²) < 4.78 is 6.03. The van der Waals surface area contributed by atoms with E-state index in [0.29, 0.717) is 43.6 Å². The van der Waals surface area contributed by atoms with Gasteiger partial charge in [0.2, 0.25) is 0 Å². The fraction of sp³-hybridized carbons (Fsp3) is 0.756. The SMILES string of the molecule is C[C@]12CC[C@H](O)CC1=CC=C1[C@@H]2CC[C@@]2(C)[C@H]1CC[C@@]2(O)CN(C[C@@H](O)COCc1ccccc1)CC12CC3CC(CC(C3)C1)C2. The van der Waals surface area contributed by atoms with Gasteiger partial charge in [-0.15, -0.1) is 0 Å². The molecule has 0 aromatic heterocycles. The highest BCUT2D eigenvalue weighted by atomic mass is 16.5. The minimum absolute atomic E-state index is 0.153. The number of allylic oxidation sites excluding steroid dienone is 3. The molecule has 252 valence electrons. The van der Waals surface area contributed by atoms with E-state index in [4.69, 9.17) is 4.74 Å². The maximum atomic E-state index is 12.9. The molecule has 0 aliphatic heterocycles. The van der Waals surface area contributed by atoms with Crippen molar-refractivity contribution in [2.75, 3.05) is 26.2 Å². The molecule has 0 saturated heterocycles. The second-order valence-corrected chi connectivity index (χ2v) is 18.0. The fourth-order valence-electron chi connectivity index (χ4n) is 13.1. The average molecular weight is 630 g/mol. The van der Waals surface area contributed by atoms with E-state index in [1.807, 2.05) is 18.2 Å². The molecule has 8 aliphatic rings. The summed E-state index contributed by atoms with van der Waals surface area (Å²) in [4.78, 5) is 2.51. The van der Waals surface area contributed by atoms with Gasteiger partial charge < -0.3 is 20.1 Å². The van der Waals surface area contributed by atoms with E-state index in [9.17, 15) is 15.3 Å². The molecular formula is C41H59NO4. The Hall–Kier alpha value is -1.50. The molecule has 0 amide bonds. The van der Waals surface area contributed by atoms with Gasteiger partial charge in [0.25, 0.3) is 0 Å². The molecule has 4 bridgehead atoms. The monoisotopic (exact) mass is 629 g/mol. The zero-order valence-corrected chi connectivity index (χ0v) is 28.5. The van der Waals surface area contributed by atoms with Gasteiger partial charge >= 0.3 is 0 Å². The third kappa shape index (κ3) is 5.49. The second-order valence-electron chi connectivity index (χ2n) is 18.0. The Bertz CT molecular complexity index is 1300. The molecule has 5 nitrogen and oxygen atoms in total. The summed E-state index contributed by atoms with van der Waals surface area (Å²) in [6.07, 6.45) is 19.2. The van der Waals surface area contributed by atoms with Crippen molar-refractivity contribution in [3.8, 4) is 0 Å². The van der Waals surface area contributed by atoms with Crippen molar-refractivity contribution in [1.82, 2.24) is 4.90 Å². The Morgan fingerprint density at radius 3 is 2.28 bits per heavy atom. The van der Waals surface area contributed by atoms with Gasteiger partial charge in [0.05, 0.1) is 31.0 Å². The van der Waals surface area contributed by atoms with Crippen molar-refractivity contribution in [3.05, 3.63) is 59.2 Å². The Morgan fingerprint density at radius 1 is 0.870 bits per heavy atom. The third-order valence-corrected chi connectivity index (χ3v) is 15.0. The lowest BCUT2D eigenvalue weighted by atomic mass is 9.49. The van der Waals surface area contributed by atoms with Crippen LogP contribution in [0.3, 0.4) is 0 Å². The van der Waals surface area contributed by atoms with Crippen LogP contribution in [-0.4, -0.2) is 64.3 Å². The lowest BCUT2D eigenvalue weighted by Gasteiger charge is -2.59. The lowest BCUT2D eigenvalue weighted by Crippen LogP contribution is -2.59. The van der Waals surface area contributed by atoms with E-state index in [1.165, 1.54) is 44.1 Å². The predicted octanol–water partition coefficient (Wildman–Crippen LogP) is 7.06. The van der Waals surface area contributed by atoms with Crippen LogP contribution in [0.15, 0.2) is 53.6 Å². The van der Waals surface area contributed by atoms with E-state index < -0.39 is 11.7 Å². The zero-order chi connectivity index (χ0) is 31.7. The van der Waals surface area contributed by atoms with Crippen LogP contribution in [0, 0.1) is 45.8 Å². The van der Waals surface area contributed by atoms with Crippen molar-refractivity contribution >= 4 is 0 Å². The molecule has 46 heavy (non-hydrogen) atoms. The van der Waals surface area contributed by atoms with Gasteiger partial charge in [-0.25, -0.2) is 0 Å². The largest absolute Gasteiger partial charge is 0.393 e. The smallest absolute Gasteiger partial charge is 0.0900 e. The summed E-state index contributed by atoms with van der Waals surface area (Å²) >= 11 is 0. The first-order valence-corrected chi connectivity index (χ1v) is 18.9. The van der Waals surface area contributed by atoms with Crippen molar-refractivity contribution in [3.63, 3.8) is 0 Å². The standard InChI is InChI=1S/C41H59NO4/c1-38-13-10-33(43)19-32(38)8-9-35-36(38)11-14-39(2)37(35)12-15-41(39,45)27-42(23-34(44)25-46-24-28-6-4-3-5-7-28)26-40-20-29-16-30(21-40)18-31(17-29)22-40/h3-9,29-31,33-34,36-37,43-45H,10-27H2,1-2H3/t29?,30?,31?,33-,34+,36-,37-,38-,39-,40?,41+/m0/s1. The quantitative estimate of drug-likeness (QED) is 0.259. The number of fused-ring (bicyclic) bond motifs is 5. The van der Waals surface area contributed by atoms with Crippen LogP contribution in [0.25, 0.3) is 0 Å².